The summed E-state index contributed by atoms with van der Waals surface area (Å²) in [5, 5.41) is 1.46. The van der Waals surface area contributed by atoms with Crippen LogP contribution in [-0.4, -0.2) is 32.8 Å². The highest BCUT2D eigenvalue weighted by atomic mass is 28.4. The molecule has 3 aromatic rings. The van der Waals surface area contributed by atoms with E-state index in [-0.39, 0.29) is 5.04 Å². The maximum atomic E-state index is 6.54. The van der Waals surface area contributed by atoms with Crippen molar-refractivity contribution < 1.29 is 13.9 Å². The zero-order chi connectivity index (χ0) is 25.4. The van der Waals surface area contributed by atoms with Gasteiger partial charge < -0.3 is 18.5 Å². The molecule has 0 saturated carbocycles. The van der Waals surface area contributed by atoms with Crippen molar-refractivity contribution in [1.82, 2.24) is 4.57 Å². The number of aromatic nitrogens is 1. The first kappa shape index (κ1) is 25.5. The zero-order valence-electron chi connectivity index (χ0n) is 22.6. The van der Waals surface area contributed by atoms with Gasteiger partial charge in [0.2, 0.25) is 0 Å². The fourth-order valence-corrected chi connectivity index (χ4v) is 5.42. The van der Waals surface area contributed by atoms with Gasteiger partial charge in [0, 0.05) is 41.0 Å². The second-order valence-corrected chi connectivity index (χ2v) is 15.9. The Morgan fingerprint density at radius 2 is 1.77 bits per heavy atom. The van der Waals surface area contributed by atoms with Gasteiger partial charge in [0.05, 0.1) is 27.4 Å². The Labute approximate surface area is 211 Å². The monoisotopic (exact) mass is 492 g/mol. The van der Waals surface area contributed by atoms with Crippen LogP contribution in [0.25, 0.3) is 10.9 Å². The highest BCUT2D eigenvalue weighted by Gasteiger charge is 2.37. The van der Waals surface area contributed by atoms with Crippen LogP contribution in [-0.2, 0) is 31.0 Å². The molecular formula is C29H40N2O3Si. The Kier molecular flexibility index (Phi) is 7.16. The Balaban J connectivity index is 1.62. The van der Waals surface area contributed by atoms with Crippen molar-refractivity contribution in [1.29, 1.82) is 0 Å². The molecule has 5 nitrogen and oxygen atoms in total. The average Bonchev–Trinajstić information content (AvgIpc) is 3.13. The smallest absolute Gasteiger partial charge is 0.192 e. The summed E-state index contributed by atoms with van der Waals surface area (Å²) in [7, 11) is 3.72. The Morgan fingerprint density at radius 3 is 2.46 bits per heavy atom. The molecule has 188 valence electrons. The second kappa shape index (κ2) is 9.82. The summed E-state index contributed by atoms with van der Waals surface area (Å²) in [6, 6.07) is 12.9. The molecule has 0 bridgehead atoms. The lowest BCUT2D eigenvalue weighted by Gasteiger charge is -2.36. The van der Waals surface area contributed by atoms with Gasteiger partial charge in [-0.2, -0.15) is 0 Å². The van der Waals surface area contributed by atoms with Crippen LogP contribution in [0.5, 0.6) is 11.5 Å². The number of aryl methyl sites for hydroxylation is 2. The van der Waals surface area contributed by atoms with Gasteiger partial charge in [-0.1, -0.05) is 20.8 Å². The van der Waals surface area contributed by atoms with Gasteiger partial charge >= 0.3 is 0 Å². The fourth-order valence-electron chi connectivity index (χ4n) is 4.48. The molecule has 1 aliphatic carbocycles. The fraction of sp³-hybridized carbons (Fsp3) is 0.483. The minimum atomic E-state index is -1.80. The third-order valence-electron chi connectivity index (χ3n) is 7.86. The first-order valence-corrected chi connectivity index (χ1v) is 15.4. The molecule has 0 spiro atoms. The van der Waals surface area contributed by atoms with Crippen LogP contribution < -0.4 is 9.47 Å². The van der Waals surface area contributed by atoms with Gasteiger partial charge in [0.15, 0.2) is 8.32 Å². The standard InChI is InChI=1S/C29H40N2O3Si/c1-29(2,3)35(7,8)34-19-23-14-22-15-25-20(16-27(22)31(23)4)10-9-11-26(25)30-18-21-12-13-24(32-5)17-28(21)33-6/h12-17H,9-11,18-19H2,1-8H3/b30-26-. The number of hydrogen-bond donors (Lipinski definition) is 0. The quantitative estimate of drug-likeness (QED) is 0.332. The first-order chi connectivity index (χ1) is 16.5. The number of aliphatic imine (C=N–C) groups is 1. The molecule has 35 heavy (non-hydrogen) atoms. The number of benzene rings is 2. The van der Waals surface area contributed by atoms with E-state index >= 15 is 0 Å². The number of hydrogen-bond acceptors (Lipinski definition) is 4. The molecule has 0 radical (unpaired) electrons. The molecule has 0 atom stereocenters. The molecule has 0 amide bonds. The third-order valence-corrected chi connectivity index (χ3v) is 12.3. The largest absolute Gasteiger partial charge is 0.497 e. The summed E-state index contributed by atoms with van der Waals surface area (Å²) in [4.78, 5) is 5.06. The predicted molar refractivity (Wildman–Crippen MR) is 148 cm³/mol. The minimum absolute atomic E-state index is 0.203. The molecule has 0 saturated heterocycles. The molecule has 6 heteroatoms. The van der Waals surface area contributed by atoms with E-state index in [0.717, 1.165) is 36.3 Å². The summed E-state index contributed by atoms with van der Waals surface area (Å²) in [5.41, 5.74) is 7.44. The van der Waals surface area contributed by atoms with Gasteiger partial charge in [-0.15, -0.1) is 0 Å². The Bertz CT molecular complexity index is 1250. The van der Waals surface area contributed by atoms with E-state index in [4.69, 9.17) is 18.9 Å². The van der Waals surface area contributed by atoms with Gasteiger partial charge in [0.25, 0.3) is 0 Å². The van der Waals surface area contributed by atoms with Crippen molar-refractivity contribution in [3.8, 4) is 11.5 Å². The zero-order valence-corrected chi connectivity index (χ0v) is 23.6. The Hall–Kier alpha value is -2.57. The van der Waals surface area contributed by atoms with Crippen LogP contribution in [0.15, 0.2) is 41.4 Å². The van der Waals surface area contributed by atoms with Crippen LogP contribution in [0.4, 0.5) is 0 Å². The summed E-state index contributed by atoms with van der Waals surface area (Å²) in [6.07, 6.45) is 3.23. The van der Waals surface area contributed by atoms with Crippen molar-refractivity contribution in [2.24, 2.45) is 12.0 Å². The van der Waals surface area contributed by atoms with Crippen molar-refractivity contribution in [2.75, 3.05) is 14.2 Å². The number of ether oxygens (including phenoxy) is 2. The lowest BCUT2D eigenvalue weighted by Crippen LogP contribution is -2.40. The Morgan fingerprint density at radius 1 is 1.00 bits per heavy atom. The normalized spacial score (nSPS) is 15.5. The SMILES string of the molecule is COc1ccc(C/N=C2/CCCc3cc4c(cc32)cc(CO[Si](C)(C)C(C)(C)C)n4C)c(OC)c1. The minimum Gasteiger partial charge on any atom is -0.497 e. The van der Waals surface area contributed by atoms with E-state index in [0.29, 0.717) is 13.2 Å². The molecule has 2 aromatic carbocycles. The van der Waals surface area contributed by atoms with Crippen LogP contribution in [0, 0.1) is 0 Å². The third kappa shape index (κ3) is 5.19. The molecule has 1 aliphatic rings. The highest BCUT2D eigenvalue weighted by molar-refractivity contribution is 6.74. The van der Waals surface area contributed by atoms with E-state index in [9.17, 15) is 0 Å². The molecule has 1 aromatic heterocycles. The maximum absolute atomic E-state index is 6.54. The summed E-state index contributed by atoms with van der Waals surface area (Å²) < 4.78 is 19.7. The summed E-state index contributed by atoms with van der Waals surface area (Å²) in [6.45, 7) is 12.8. The van der Waals surface area contributed by atoms with E-state index in [1.807, 2.05) is 18.2 Å². The molecule has 1 heterocycles. The number of fused-ring (bicyclic) bond motifs is 2. The van der Waals surface area contributed by atoms with Crippen molar-refractivity contribution in [3.63, 3.8) is 0 Å². The molecule has 0 unspecified atom stereocenters. The molecule has 0 N–H and O–H groups in total. The van der Waals surface area contributed by atoms with Crippen LogP contribution in [0.1, 0.15) is 56.0 Å². The summed E-state index contributed by atoms with van der Waals surface area (Å²) >= 11 is 0. The molecule has 4 rings (SSSR count). The van der Waals surface area contributed by atoms with E-state index < -0.39 is 8.32 Å². The number of rotatable bonds is 7. The summed E-state index contributed by atoms with van der Waals surface area (Å²) in [5.74, 6) is 1.61. The molecular weight excluding hydrogens is 452 g/mol. The highest BCUT2D eigenvalue weighted by Crippen LogP contribution is 2.37. The molecule has 0 fully saturated rings. The lowest BCUT2D eigenvalue weighted by molar-refractivity contribution is 0.269. The van der Waals surface area contributed by atoms with Crippen LogP contribution in [0.2, 0.25) is 18.1 Å². The van der Waals surface area contributed by atoms with Crippen molar-refractivity contribution >= 4 is 24.9 Å². The lowest BCUT2D eigenvalue weighted by atomic mass is 9.89. The molecule has 0 aliphatic heterocycles. The van der Waals surface area contributed by atoms with Gasteiger partial charge in [-0.3, -0.25) is 4.99 Å². The first-order valence-electron chi connectivity index (χ1n) is 12.5. The maximum Gasteiger partial charge on any atom is 0.192 e. The van der Waals surface area contributed by atoms with Crippen LogP contribution >= 0.6 is 0 Å². The van der Waals surface area contributed by atoms with E-state index in [1.54, 1.807) is 14.2 Å². The average molecular weight is 493 g/mol. The van der Waals surface area contributed by atoms with E-state index in [1.165, 1.54) is 33.4 Å². The number of methoxy groups -OCH3 is 2. The van der Waals surface area contributed by atoms with Gasteiger partial charge in [-0.05, 0) is 78.9 Å². The number of nitrogens with zero attached hydrogens (tertiary/aromatic N) is 2. The van der Waals surface area contributed by atoms with Crippen molar-refractivity contribution in [3.05, 3.63) is 58.8 Å². The van der Waals surface area contributed by atoms with Gasteiger partial charge in [0.1, 0.15) is 11.5 Å². The van der Waals surface area contributed by atoms with E-state index in [2.05, 4.69) is 63.7 Å². The predicted octanol–water partition coefficient (Wildman–Crippen LogP) is 7.04. The van der Waals surface area contributed by atoms with Crippen LogP contribution in [0.3, 0.4) is 0 Å². The van der Waals surface area contributed by atoms with Crippen molar-refractivity contribution in [2.45, 2.75) is 71.3 Å². The topological polar surface area (TPSA) is 45.0 Å². The second-order valence-electron chi connectivity index (χ2n) is 11.1. The van der Waals surface area contributed by atoms with Gasteiger partial charge in [-0.25, -0.2) is 0 Å².